The van der Waals surface area contributed by atoms with Gasteiger partial charge >= 0.3 is 0 Å². The van der Waals surface area contributed by atoms with Crippen molar-refractivity contribution in [2.45, 2.75) is 39.3 Å². The quantitative estimate of drug-likeness (QED) is 0.841. The van der Waals surface area contributed by atoms with Crippen LogP contribution in [-0.4, -0.2) is 37.3 Å². The van der Waals surface area contributed by atoms with E-state index in [-0.39, 0.29) is 12.6 Å². The Morgan fingerprint density at radius 1 is 1.39 bits per heavy atom. The standard InChI is InChI=1S/C12H19N5O/c1-4-9(6-18)15-12-13-5-10-11(16-12)17(7-14-10)8(2)3/h5,7-9,18H,4,6H2,1-3H3,(H,13,15,16). The smallest absolute Gasteiger partial charge is 0.225 e. The number of hydrogen-bond donors (Lipinski definition) is 2. The third kappa shape index (κ3) is 2.43. The summed E-state index contributed by atoms with van der Waals surface area (Å²) in [6.45, 7) is 6.24. The average molecular weight is 249 g/mol. The Labute approximate surface area is 106 Å². The van der Waals surface area contributed by atoms with Crippen LogP contribution in [0.25, 0.3) is 11.2 Å². The Hall–Kier alpha value is -1.69. The zero-order valence-electron chi connectivity index (χ0n) is 11.0. The first kappa shape index (κ1) is 12.8. The molecule has 6 heteroatoms. The van der Waals surface area contributed by atoms with Gasteiger partial charge in [0.15, 0.2) is 5.65 Å². The second-order valence-corrected chi connectivity index (χ2v) is 4.58. The van der Waals surface area contributed by atoms with Crippen LogP contribution in [0, 0.1) is 0 Å². The van der Waals surface area contributed by atoms with Crippen LogP contribution in [0.2, 0.25) is 0 Å². The first-order valence-corrected chi connectivity index (χ1v) is 6.22. The Balaban J connectivity index is 2.33. The molecule has 0 fully saturated rings. The molecule has 0 saturated carbocycles. The van der Waals surface area contributed by atoms with Crippen molar-refractivity contribution in [2.24, 2.45) is 0 Å². The third-order valence-corrected chi connectivity index (χ3v) is 2.92. The topological polar surface area (TPSA) is 75.9 Å². The molecule has 6 nitrogen and oxygen atoms in total. The van der Waals surface area contributed by atoms with E-state index in [1.807, 2.05) is 11.5 Å². The Morgan fingerprint density at radius 2 is 2.17 bits per heavy atom. The van der Waals surface area contributed by atoms with Gasteiger partial charge in [-0.25, -0.2) is 9.97 Å². The molecular weight excluding hydrogens is 230 g/mol. The Morgan fingerprint density at radius 3 is 2.78 bits per heavy atom. The second-order valence-electron chi connectivity index (χ2n) is 4.58. The van der Waals surface area contributed by atoms with Gasteiger partial charge in [-0.3, -0.25) is 0 Å². The normalized spacial score (nSPS) is 13.2. The summed E-state index contributed by atoms with van der Waals surface area (Å²) in [4.78, 5) is 12.9. The van der Waals surface area contributed by atoms with Gasteiger partial charge in [0.1, 0.15) is 5.52 Å². The van der Waals surface area contributed by atoms with Crippen LogP contribution in [0.4, 0.5) is 5.95 Å². The molecule has 0 radical (unpaired) electrons. The molecule has 2 aromatic heterocycles. The first-order chi connectivity index (χ1) is 8.65. The molecule has 0 amide bonds. The first-order valence-electron chi connectivity index (χ1n) is 6.22. The zero-order chi connectivity index (χ0) is 13.1. The van der Waals surface area contributed by atoms with Crippen LogP contribution in [0.5, 0.6) is 0 Å². The highest BCUT2D eigenvalue weighted by Crippen LogP contribution is 2.16. The SMILES string of the molecule is CCC(CO)Nc1ncc2ncn(C(C)C)c2n1. The van der Waals surface area contributed by atoms with Gasteiger partial charge in [0.25, 0.3) is 0 Å². The van der Waals surface area contributed by atoms with Gasteiger partial charge in [0.05, 0.1) is 25.2 Å². The molecule has 18 heavy (non-hydrogen) atoms. The van der Waals surface area contributed by atoms with Crippen LogP contribution >= 0.6 is 0 Å². The van der Waals surface area contributed by atoms with Crippen molar-refractivity contribution >= 4 is 17.1 Å². The predicted octanol–water partition coefficient (Wildman–Crippen LogP) is 1.59. The number of imidazole rings is 1. The third-order valence-electron chi connectivity index (χ3n) is 2.92. The average Bonchev–Trinajstić information content (AvgIpc) is 2.79. The number of aromatic nitrogens is 4. The van der Waals surface area contributed by atoms with E-state index in [0.717, 1.165) is 17.6 Å². The number of anilines is 1. The fraction of sp³-hybridized carbons (Fsp3) is 0.583. The fourth-order valence-electron chi connectivity index (χ4n) is 1.73. The molecule has 0 aliphatic carbocycles. The summed E-state index contributed by atoms with van der Waals surface area (Å²) in [5.74, 6) is 0.533. The number of aliphatic hydroxyl groups is 1. The highest BCUT2D eigenvalue weighted by atomic mass is 16.3. The Bertz CT molecular complexity index is 518. The maximum Gasteiger partial charge on any atom is 0.225 e. The minimum Gasteiger partial charge on any atom is -0.394 e. The maximum atomic E-state index is 9.17. The summed E-state index contributed by atoms with van der Waals surface area (Å²) in [6.07, 6.45) is 4.30. The van der Waals surface area contributed by atoms with Crippen molar-refractivity contribution in [3.05, 3.63) is 12.5 Å². The number of aliphatic hydroxyl groups excluding tert-OH is 1. The molecule has 0 aliphatic rings. The summed E-state index contributed by atoms with van der Waals surface area (Å²) < 4.78 is 2.00. The summed E-state index contributed by atoms with van der Waals surface area (Å²) in [6, 6.07) is 0.287. The van der Waals surface area contributed by atoms with Crippen molar-refractivity contribution in [1.82, 2.24) is 19.5 Å². The number of rotatable bonds is 5. The summed E-state index contributed by atoms with van der Waals surface area (Å²) in [5.41, 5.74) is 1.60. The van der Waals surface area contributed by atoms with Gasteiger partial charge in [-0.1, -0.05) is 6.92 Å². The van der Waals surface area contributed by atoms with Crippen molar-refractivity contribution in [3.63, 3.8) is 0 Å². The summed E-state index contributed by atoms with van der Waals surface area (Å²) in [7, 11) is 0. The molecule has 1 unspecified atom stereocenters. The molecule has 0 spiro atoms. The number of hydrogen-bond acceptors (Lipinski definition) is 5. The van der Waals surface area contributed by atoms with Crippen LogP contribution in [0.3, 0.4) is 0 Å². The Kier molecular flexibility index (Phi) is 3.76. The number of fused-ring (bicyclic) bond motifs is 1. The number of nitrogens with one attached hydrogen (secondary N) is 1. The molecule has 0 aromatic carbocycles. The monoisotopic (exact) mass is 249 g/mol. The van der Waals surface area contributed by atoms with Gasteiger partial charge in [-0.2, -0.15) is 4.98 Å². The summed E-state index contributed by atoms with van der Waals surface area (Å²) >= 11 is 0. The molecule has 0 bridgehead atoms. The van der Waals surface area contributed by atoms with Crippen LogP contribution in [0.1, 0.15) is 33.2 Å². The number of nitrogens with zero attached hydrogens (tertiary/aromatic N) is 4. The van der Waals surface area contributed by atoms with E-state index in [2.05, 4.69) is 34.1 Å². The zero-order valence-corrected chi connectivity index (χ0v) is 11.0. The molecule has 2 heterocycles. The summed E-state index contributed by atoms with van der Waals surface area (Å²) in [5, 5.41) is 12.3. The molecular formula is C12H19N5O. The lowest BCUT2D eigenvalue weighted by atomic mass is 10.2. The lowest BCUT2D eigenvalue weighted by Crippen LogP contribution is -2.23. The molecule has 0 aliphatic heterocycles. The van der Waals surface area contributed by atoms with E-state index >= 15 is 0 Å². The lowest BCUT2D eigenvalue weighted by molar-refractivity contribution is 0.271. The van der Waals surface area contributed by atoms with Gasteiger partial charge < -0.3 is 15.0 Å². The highest BCUT2D eigenvalue weighted by Gasteiger charge is 2.11. The second kappa shape index (κ2) is 5.30. The van der Waals surface area contributed by atoms with Crippen LogP contribution in [0.15, 0.2) is 12.5 Å². The van der Waals surface area contributed by atoms with Gasteiger partial charge in [0.2, 0.25) is 5.95 Å². The van der Waals surface area contributed by atoms with Crippen molar-refractivity contribution in [3.8, 4) is 0 Å². The van der Waals surface area contributed by atoms with E-state index in [1.54, 1.807) is 12.5 Å². The molecule has 1 atom stereocenters. The largest absolute Gasteiger partial charge is 0.394 e. The lowest BCUT2D eigenvalue weighted by Gasteiger charge is -2.14. The van der Waals surface area contributed by atoms with Gasteiger partial charge in [-0.15, -0.1) is 0 Å². The van der Waals surface area contributed by atoms with Crippen molar-refractivity contribution < 1.29 is 5.11 Å². The minimum atomic E-state index is -0.0159. The van der Waals surface area contributed by atoms with Crippen molar-refractivity contribution in [2.75, 3.05) is 11.9 Å². The van der Waals surface area contributed by atoms with E-state index in [9.17, 15) is 0 Å². The van der Waals surface area contributed by atoms with Crippen LogP contribution < -0.4 is 5.32 Å². The van der Waals surface area contributed by atoms with Crippen LogP contribution in [-0.2, 0) is 0 Å². The molecule has 2 rings (SSSR count). The minimum absolute atomic E-state index is 0.0159. The predicted molar refractivity (Wildman–Crippen MR) is 70.5 cm³/mol. The molecule has 98 valence electrons. The molecule has 2 N–H and O–H groups in total. The van der Waals surface area contributed by atoms with Crippen molar-refractivity contribution in [1.29, 1.82) is 0 Å². The molecule has 0 saturated heterocycles. The van der Waals surface area contributed by atoms with Gasteiger partial charge in [-0.05, 0) is 20.3 Å². The fourth-order valence-corrected chi connectivity index (χ4v) is 1.73. The van der Waals surface area contributed by atoms with E-state index in [0.29, 0.717) is 12.0 Å². The van der Waals surface area contributed by atoms with E-state index < -0.39 is 0 Å². The maximum absolute atomic E-state index is 9.17. The molecule has 2 aromatic rings. The van der Waals surface area contributed by atoms with Gasteiger partial charge in [0, 0.05) is 6.04 Å². The van der Waals surface area contributed by atoms with E-state index in [1.165, 1.54) is 0 Å². The van der Waals surface area contributed by atoms with E-state index in [4.69, 9.17) is 5.11 Å². The highest BCUT2D eigenvalue weighted by molar-refractivity contribution is 5.71.